The molecule has 0 radical (unpaired) electrons. The summed E-state index contributed by atoms with van der Waals surface area (Å²) in [6.07, 6.45) is -3.71. The average Bonchev–Trinajstić information content (AvgIpc) is 2.67. The van der Waals surface area contributed by atoms with Gasteiger partial charge in [0.1, 0.15) is 17.7 Å². The van der Waals surface area contributed by atoms with E-state index in [1.54, 1.807) is 12.1 Å². The summed E-state index contributed by atoms with van der Waals surface area (Å²) in [6.45, 7) is 0. The minimum atomic E-state index is -4.14. The molecule has 0 amide bonds. The van der Waals surface area contributed by atoms with Crippen LogP contribution in [0.3, 0.4) is 0 Å². The van der Waals surface area contributed by atoms with Gasteiger partial charge < -0.3 is 10.5 Å². The third kappa shape index (κ3) is 2.97. The number of alkyl halides is 3. The van der Waals surface area contributed by atoms with Gasteiger partial charge in [0.15, 0.2) is 5.82 Å². The molecule has 0 aliphatic heterocycles. The van der Waals surface area contributed by atoms with Gasteiger partial charge in [-0.2, -0.15) is 18.3 Å². The van der Waals surface area contributed by atoms with Crippen molar-refractivity contribution in [3.05, 3.63) is 18.5 Å². The first-order chi connectivity index (χ1) is 8.47. The molecule has 2 aromatic rings. The zero-order valence-corrected chi connectivity index (χ0v) is 9.92. The van der Waals surface area contributed by atoms with Crippen molar-refractivity contribution in [2.75, 3.05) is 16.2 Å². The molecule has 98 valence electrons. The van der Waals surface area contributed by atoms with E-state index in [0.29, 0.717) is 17.2 Å². The summed E-state index contributed by atoms with van der Waals surface area (Å²) in [5, 5.41) is 3.92. The Kier molecular flexibility index (Phi) is 3.50. The normalized spacial score (nSPS) is 11.9. The molecule has 0 aliphatic carbocycles. The molecule has 0 unspecified atom stereocenters. The third-order valence-corrected chi connectivity index (χ3v) is 2.88. The van der Waals surface area contributed by atoms with E-state index in [9.17, 15) is 13.2 Å². The molecule has 0 saturated heterocycles. The van der Waals surface area contributed by atoms with Crippen molar-refractivity contribution in [1.29, 1.82) is 0 Å². The van der Waals surface area contributed by atoms with E-state index in [0.717, 1.165) is 11.9 Å². The van der Waals surface area contributed by atoms with Crippen LogP contribution in [-0.2, 0) is 0 Å². The van der Waals surface area contributed by atoms with Crippen LogP contribution < -0.4 is 10.5 Å². The summed E-state index contributed by atoms with van der Waals surface area (Å²) >= 11 is 0.943. The average molecular weight is 277 g/mol. The molecule has 0 aliphatic rings. The van der Waals surface area contributed by atoms with Crippen LogP contribution in [0.1, 0.15) is 6.42 Å². The molecule has 0 saturated carbocycles. The Labute approximate surface area is 105 Å². The lowest BCUT2D eigenvalue weighted by atomic mass is 10.5. The minimum Gasteiger partial charge on any atom is -0.384 e. The molecule has 2 aromatic heterocycles. The number of fused-ring (bicyclic) bond motifs is 1. The summed E-state index contributed by atoms with van der Waals surface area (Å²) < 4.78 is 40.1. The second-order valence-corrected chi connectivity index (χ2v) is 4.38. The SMILES string of the molecule is Nc1ccc2c(NSCCC(F)(F)F)ncnn12. The highest BCUT2D eigenvalue weighted by Gasteiger charge is 2.26. The van der Waals surface area contributed by atoms with E-state index in [1.165, 1.54) is 10.8 Å². The molecule has 0 fully saturated rings. The van der Waals surface area contributed by atoms with E-state index in [1.807, 2.05) is 0 Å². The standard InChI is InChI=1S/C9H10F3N5S/c10-9(11,12)3-4-18-16-8-6-1-2-7(13)17(6)15-5-14-8/h1-2,5H,3-4,13H2,(H,14,15,16). The van der Waals surface area contributed by atoms with Crippen LogP contribution >= 0.6 is 11.9 Å². The lowest BCUT2D eigenvalue weighted by Gasteiger charge is -2.08. The van der Waals surface area contributed by atoms with Crippen LogP contribution in [-0.4, -0.2) is 26.5 Å². The van der Waals surface area contributed by atoms with Crippen molar-refractivity contribution in [1.82, 2.24) is 14.6 Å². The van der Waals surface area contributed by atoms with Gasteiger partial charge in [0, 0.05) is 5.75 Å². The molecule has 0 spiro atoms. The fourth-order valence-electron chi connectivity index (χ4n) is 1.32. The van der Waals surface area contributed by atoms with Gasteiger partial charge in [-0.25, -0.2) is 9.50 Å². The molecule has 2 rings (SSSR count). The third-order valence-electron chi connectivity index (χ3n) is 2.14. The van der Waals surface area contributed by atoms with E-state index in [-0.39, 0.29) is 5.75 Å². The second-order valence-electron chi connectivity index (χ2n) is 3.48. The van der Waals surface area contributed by atoms with Gasteiger partial charge in [-0.05, 0) is 12.1 Å². The Morgan fingerprint density at radius 1 is 1.39 bits per heavy atom. The van der Waals surface area contributed by atoms with Crippen molar-refractivity contribution >= 4 is 29.1 Å². The molecular formula is C9H10F3N5S. The lowest BCUT2D eigenvalue weighted by molar-refractivity contribution is -0.129. The molecule has 0 bridgehead atoms. The highest BCUT2D eigenvalue weighted by atomic mass is 32.2. The first kappa shape index (κ1) is 12.8. The van der Waals surface area contributed by atoms with E-state index >= 15 is 0 Å². The molecule has 0 aromatic carbocycles. The fourth-order valence-corrected chi connectivity index (χ4v) is 2.05. The Morgan fingerprint density at radius 2 is 2.17 bits per heavy atom. The van der Waals surface area contributed by atoms with Crippen molar-refractivity contribution in [3.8, 4) is 0 Å². The Bertz CT molecular complexity index is 538. The molecule has 0 atom stereocenters. The van der Waals surface area contributed by atoms with Crippen LogP contribution in [0.5, 0.6) is 0 Å². The zero-order valence-electron chi connectivity index (χ0n) is 9.11. The number of rotatable bonds is 4. The van der Waals surface area contributed by atoms with Gasteiger partial charge in [0.2, 0.25) is 0 Å². The van der Waals surface area contributed by atoms with Gasteiger partial charge in [-0.1, -0.05) is 11.9 Å². The van der Waals surface area contributed by atoms with Gasteiger partial charge in [0.05, 0.1) is 6.42 Å². The Hall–Kier alpha value is -1.64. The number of aromatic nitrogens is 3. The van der Waals surface area contributed by atoms with Gasteiger partial charge in [-0.3, -0.25) is 0 Å². The first-order valence-electron chi connectivity index (χ1n) is 5.00. The molecule has 9 heteroatoms. The lowest BCUT2D eigenvalue weighted by Crippen LogP contribution is -2.09. The smallest absolute Gasteiger partial charge is 0.384 e. The topological polar surface area (TPSA) is 68.2 Å². The number of nitrogens with zero attached hydrogens (tertiary/aromatic N) is 3. The van der Waals surface area contributed by atoms with E-state index in [2.05, 4.69) is 14.8 Å². The maximum absolute atomic E-state index is 12.0. The summed E-state index contributed by atoms with van der Waals surface area (Å²) in [5.41, 5.74) is 6.27. The zero-order chi connectivity index (χ0) is 13.2. The molecule has 5 nitrogen and oxygen atoms in total. The summed E-state index contributed by atoms with van der Waals surface area (Å²) in [7, 11) is 0. The fraction of sp³-hybridized carbons (Fsp3) is 0.333. The Balaban J connectivity index is 2.00. The quantitative estimate of drug-likeness (QED) is 0.663. The number of hydrogen-bond donors (Lipinski definition) is 2. The van der Waals surface area contributed by atoms with Crippen molar-refractivity contribution in [2.45, 2.75) is 12.6 Å². The van der Waals surface area contributed by atoms with Crippen molar-refractivity contribution < 1.29 is 13.2 Å². The number of halogens is 3. The molecule has 2 heterocycles. The van der Waals surface area contributed by atoms with Gasteiger partial charge in [0.25, 0.3) is 0 Å². The predicted molar refractivity (Wildman–Crippen MR) is 64.2 cm³/mol. The van der Waals surface area contributed by atoms with Crippen molar-refractivity contribution in [2.24, 2.45) is 0 Å². The maximum atomic E-state index is 12.0. The van der Waals surface area contributed by atoms with Crippen LogP contribution in [0.2, 0.25) is 0 Å². The first-order valence-corrected chi connectivity index (χ1v) is 5.99. The van der Waals surface area contributed by atoms with Crippen LogP contribution in [0, 0.1) is 0 Å². The largest absolute Gasteiger partial charge is 0.389 e. The van der Waals surface area contributed by atoms with E-state index < -0.39 is 12.6 Å². The molecular weight excluding hydrogens is 267 g/mol. The van der Waals surface area contributed by atoms with Crippen LogP contribution in [0.25, 0.3) is 5.52 Å². The number of nitrogens with two attached hydrogens (primary N) is 1. The summed E-state index contributed by atoms with van der Waals surface area (Å²) in [4.78, 5) is 3.95. The molecule has 18 heavy (non-hydrogen) atoms. The summed E-state index contributed by atoms with van der Waals surface area (Å²) in [6, 6.07) is 3.34. The van der Waals surface area contributed by atoms with Crippen molar-refractivity contribution in [3.63, 3.8) is 0 Å². The van der Waals surface area contributed by atoms with Crippen LogP contribution in [0.15, 0.2) is 18.5 Å². The number of nitrogen functional groups attached to an aromatic ring is 1. The summed E-state index contributed by atoms with van der Waals surface area (Å²) in [5.74, 6) is 0.792. The molecule has 3 N–H and O–H groups in total. The number of hydrogen-bond acceptors (Lipinski definition) is 5. The highest BCUT2D eigenvalue weighted by molar-refractivity contribution is 8.00. The number of anilines is 2. The maximum Gasteiger partial charge on any atom is 0.389 e. The van der Waals surface area contributed by atoms with Crippen LogP contribution in [0.4, 0.5) is 24.8 Å². The highest BCUT2D eigenvalue weighted by Crippen LogP contribution is 2.24. The predicted octanol–water partition coefficient (Wildman–Crippen LogP) is 2.32. The van der Waals surface area contributed by atoms with E-state index in [4.69, 9.17) is 5.73 Å². The van der Waals surface area contributed by atoms with Gasteiger partial charge >= 0.3 is 6.18 Å². The number of nitrogens with one attached hydrogen (secondary N) is 1. The minimum absolute atomic E-state index is 0.0874. The van der Waals surface area contributed by atoms with Gasteiger partial charge in [-0.15, -0.1) is 0 Å². The second kappa shape index (κ2) is 4.92. The Morgan fingerprint density at radius 3 is 2.89 bits per heavy atom. The monoisotopic (exact) mass is 277 g/mol.